The van der Waals surface area contributed by atoms with Crippen molar-refractivity contribution in [3.63, 3.8) is 0 Å². The van der Waals surface area contributed by atoms with Gasteiger partial charge in [-0.25, -0.2) is 0 Å². The van der Waals surface area contributed by atoms with Crippen LogP contribution in [0.2, 0.25) is 0 Å². The zero-order chi connectivity index (χ0) is 16.5. The molecule has 2 N–H and O–H groups in total. The van der Waals surface area contributed by atoms with Crippen LogP contribution in [0.3, 0.4) is 0 Å². The van der Waals surface area contributed by atoms with E-state index in [0.29, 0.717) is 12.6 Å². The van der Waals surface area contributed by atoms with Gasteiger partial charge in [-0.1, -0.05) is 26.7 Å². The average molecular weight is 320 g/mol. The number of furan rings is 1. The molecule has 2 rings (SSSR count). The van der Waals surface area contributed by atoms with Gasteiger partial charge in [0.05, 0.1) is 12.8 Å². The summed E-state index contributed by atoms with van der Waals surface area (Å²) in [6.45, 7) is 8.70. The number of hydrogen-bond acceptors (Lipinski definition) is 3. The van der Waals surface area contributed by atoms with E-state index in [2.05, 4.69) is 34.4 Å². The van der Waals surface area contributed by atoms with Crippen molar-refractivity contribution < 1.29 is 4.42 Å². The van der Waals surface area contributed by atoms with Gasteiger partial charge in [0.1, 0.15) is 5.76 Å². The molecule has 1 aromatic rings. The molecule has 1 atom stereocenters. The molecular weight excluding hydrogens is 288 g/mol. The van der Waals surface area contributed by atoms with Crippen LogP contribution >= 0.6 is 0 Å². The largest absolute Gasteiger partial charge is 0.467 e. The van der Waals surface area contributed by atoms with Crippen molar-refractivity contribution in [1.82, 2.24) is 15.5 Å². The highest BCUT2D eigenvalue weighted by atomic mass is 16.3. The normalized spacial score (nSPS) is 17.7. The predicted octanol–water partition coefficient (Wildman–Crippen LogP) is 2.85. The van der Waals surface area contributed by atoms with Crippen LogP contribution in [0.5, 0.6) is 0 Å². The number of guanidine groups is 1. The van der Waals surface area contributed by atoms with Crippen molar-refractivity contribution in [1.29, 1.82) is 0 Å². The van der Waals surface area contributed by atoms with E-state index >= 15 is 0 Å². The smallest absolute Gasteiger partial charge is 0.191 e. The number of aliphatic imine (C=N–C) groups is 1. The molecule has 0 radical (unpaired) electrons. The molecule has 0 saturated carbocycles. The Bertz CT molecular complexity index is 446. The second-order valence-electron chi connectivity index (χ2n) is 6.27. The Morgan fingerprint density at radius 1 is 1.26 bits per heavy atom. The van der Waals surface area contributed by atoms with E-state index in [9.17, 15) is 0 Å². The fourth-order valence-corrected chi connectivity index (χ4v) is 3.51. The minimum absolute atomic E-state index is 0.592. The van der Waals surface area contributed by atoms with Crippen molar-refractivity contribution in [3.05, 3.63) is 24.2 Å². The van der Waals surface area contributed by atoms with Crippen molar-refractivity contribution in [2.45, 2.75) is 52.1 Å². The highest BCUT2D eigenvalue weighted by Gasteiger charge is 2.27. The molecule has 0 aliphatic carbocycles. The summed E-state index contributed by atoms with van der Waals surface area (Å²) in [5.74, 6) is 2.50. The van der Waals surface area contributed by atoms with Crippen LogP contribution in [-0.2, 0) is 6.54 Å². The minimum Gasteiger partial charge on any atom is -0.467 e. The number of nitrogens with one attached hydrogen (secondary N) is 2. The van der Waals surface area contributed by atoms with E-state index in [0.717, 1.165) is 24.2 Å². The van der Waals surface area contributed by atoms with Crippen molar-refractivity contribution >= 4 is 5.96 Å². The summed E-state index contributed by atoms with van der Waals surface area (Å²) < 4.78 is 5.35. The van der Waals surface area contributed by atoms with Gasteiger partial charge in [0.25, 0.3) is 0 Å². The minimum atomic E-state index is 0.592. The van der Waals surface area contributed by atoms with E-state index in [1.807, 2.05) is 19.2 Å². The predicted molar refractivity (Wildman–Crippen MR) is 95.6 cm³/mol. The molecule has 0 bridgehead atoms. The molecule has 5 heteroatoms. The summed E-state index contributed by atoms with van der Waals surface area (Å²) in [5, 5.41) is 6.83. The van der Waals surface area contributed by atoms with Gasteiger partial charge in [-0.2, -0.15) is 0 Å². The number of nitrogens with zero attached hydrogens (tertiary/aromatic N) is 2. The lowest BCUT2D eigenvalue weighted by Gasteiger charge is -2.34. The molecule has 1 fully saturated rings. The zero-order valence-electron chi connectivity index (χ0n) is 14.8. The first-order valence-electron chi connectivity index (χ1n) is 8.99. The summed E-state index contributed by atoms with van der Waals surface area (Å²) in [6, 6.07) is 4.47. The van der Waals surface area contributed by atoms with Crippen molar-refractivity contribution in [2.75, 3.05) is 26.7 Å². The maximum Gasteiger partial charge on any atom is 0.191 e. The summed E-state index contributed by atoms with van der Waals surface area (Å²) >= 11 is 0. The molecule has 130 valence electrons. The summed E-state index contributed by atoms with van der Waals surface area (Å²) in [7, 11) is 1.82. The SMILES string of the molecule is CCC(CC)C(CNC(=NC)NCc1ccco1)N1CCCC1. The van der Waals surface area contributed by atoms with Crippen molar-refractivity contribution in [3.8, 4) is 0 Å². The van der Waals surface area contributed by atoms with Crippen LogP contribution in [0.25, 0.3) is 0 Å². The van der Waals surface area contributed by atoms with E-state index in [-0.39, 0.29) is 0 Å². The van der Waals surface area contributed by atoms with Crippen LogP contribution in [0.1, 0.15) is 45.3 Å². The lowest BCUT2D eigenvalue weighted by molar-refractivity contribution is 0.166. The quantitative estimate of drug-likeness (QED) is 0.571. The van der Waals surface area contributed by atoms with Crippen LogP contribution < -0.4 is 10.6 Å². The zero-order valence-corrected chi connectivity index (χ0v) is 14.8. The Hall–Kier alpha value is -1.49. The van der Waals surface area contributed by atoms with Gasteiger partial charge < -0.3 is 15.1 Å². The number of rotatable bonds is 8. The van der Waals surface area contributed by atoms with Gasteiger partial charge >= 0.3 is 0 Å². The van der Waals surface area contributed by atoms with Crippen LogP contribution in [0.15, 0.2) is 27.8 Å². The highest BCUT2D eigenvalue weighted by molar-refractivity contribution is 5.79. The summed E-state index contributed by atoms with van der Waals surface area (Å²) in [5.41, 5.74) is 0. The molecule has 23 heavy (non-hydrogen) atoms. The molecular formula is C18H32N4O. The van der Waals surface area contributed by atoms with Gasteiger partial charge in [0.2, 0.25) is 0 Å². The van der Waals surface area contributed by atoms with Gasteiger partial charge in [-0.05, 0) is 44.0 Å². The molecule has 0 spiro atoms. The van der Waals surface area contributed by atoms with Gasteiger partial charge in [-0.3, -0.25) is 9.89 Å². The first-order chi connectivity index (χ1) is 11.3. The Kier molecular flexibility index (Phi) is 7.46. The lowest BCUT2D eigenvalue weighted by Crippen LogP contribution is -2.49. The Morgan fingerprint density at radius 3 is 2.57 bits per heavy atom. The van der Waals surface area contributed by atoms with Crippen LogP contribution in [-0.4, -0.2) is 43.6 Å². The van der Waals surface area contributed by atoms with Gasteiger partial charge in [0, 0.05) is 19.6 Å². The third-order valence-corrected chi connectivity index (χ3v) is 4.91. The molecule has 1 saturated heterocycles. The van der Waals surface area contributed by atoms with Crippen LogP contribution in [0, 0.1) is 5.92 Å². The van der Waals surface area contributed by atoms with E-state index < -0.39 is 0 Å². The highest BCUT2D eigenvalue weighted by Crippen LogP contribution is 2.22. The Morgan fingerprint density at radius 2 is 2.00 bits per heavy atom. The average Bonchev–Trinajstić information content (AvgIpc) is 3.27. The third-order valence-electron chi connectivity index (χ3n) is 4.91. The summed E-state index contributed by atoms with van der Waals surface area (Å²) in [6.07, 6.45) is 6.84. The molecule has 5 nitrogen and oxygen atoms in total. The number of hydrogen-bond donors (Lipinski definition) is 2. The Labute approximate surface area is 140 Å². The van der Waals surface area contributed by atoms with E-state index in [4.69, 9.17) is 4.42 Å². The lowest BCUT2D eigenvalue weighted by atomic mass is 9.93. The fourth-order valence-electron chi connectivity index (χ4n) is 3.51. The van der Waals surface area contributed by atoms with Gasteiger partial charge in [-0.15, -0.1) is 0 Å². The van der Waals surface area contributed by atoms with E-state index in [1.165, 1.54) is 38.8 Å². The Balaban J connectivity index is 1.87. The molecule has 1 aromatic heterocycles. The standard InChI is InChI=1S/C18H32N4O/c1-4-15(5-2)17(22-10-6-7-11-22)14-21-18(19-3)20-13-16-9-8-12-23-16/h8-9,12,15,17H,4-7,10-11,13-14H2,1-3H3,(H2,19,20,21). The van der Waals surface area contributed by atoms with Gasteiger partial charge in [0.15, 0.2) is 5.96 Å². The summed E-state index contributed by atoms with van der Waals surface area (Å²) in [4.78, 5) is 6.99. The molecule has 0 amide bonds. The molecule has 1 unspecified atom stereocenters. The molecule has 1 aliphatic rings. The molecule has 2 heterocycles. The second-order valence-corrected chi connectivity index (χ2v) is 6.27. The van der Waals surface area contributed by atoms with Crippen LogP contribution in [0.4, 0.5) is 0 Å². The topological polar surface area (TPSA) is 52.8 Å². The monoisotopic (exact) mass is 320 g/mol. The van der Waals surface area contributed by atoms with Crippen molar-refractivity contribution in [2.24, 2.45) is 10.9 Å². The molecule has 0 aromatic carbocycles. The maximum absolute atomic E-state index is 5.35. The first kappa shape index (κ1) is 17.9. The van der Waals surface area contributed by atoms with E-state index in [1.54, 1.807) is 6.26 Å². The first-order valence-corrected chi connectivity index (χ1v) is 8.99. The number of likely N-dealkylation sites (tertiary alicyclic amines) is 1. The second kappa shape index (κ2) is 9.60. The maximum atomic E-state index is 5.35. The third kappa shape index (κ3) is 5.27. The fraction of sp³-hybridized carbons (Fsp3) is 0.722. The molecule has 1 aliphatic heterocycles.